The van der Waals surface area contributed by atoms with Gasteiger partial charge < -0.3 is 4.74 Å². The summed E-state index contributed by atoms with van der Waals surface area (Å²) in [5.41, 5.74) is 1.34. The molecule has 2 aliphatic rings. The Labute approximate surface area is 127 Å². The summed E-state index contributed by atoms with van der Waals surface area (Å²) in [5.74, 6) is 0.119. The van der Waals surface area contributed by atoms with Crippen LogP contribution in [0.4, 0.5) is 0 Å². The number of ether oxygens (including phenoxy) is 1. The Balaban J connectivity index is 1.72. The fourth-order valence-corrected chi connectivity index (χ4v) is 3.70. The molecule has 0 radical (unpaired) electrons. The van der Waals surface area contributed by atoms with Crippen LogP contribution in [0.5, 0.6) is 0 Å². The van der Waals surface area contributed by atoms with Crippen molar-refractivity contribution >= 4 is 5.97 Å². The van der Waals surface area contributed by atoms with Gasteiger partial charge in [-0.25, -0.2) is 0 Å². The zero-order valence-electron chi connectivity index (χ0n) is 12.7. The highest BCUT2D eigenvalue weighted by Gasteiger charge is 2.35. The average Bonchev–Trinajstić information content (AvgIpc) is 2.74. The van der Waals surface area contributed by atoms with Gasteiger partial charge >= 0.3 is 5.97 Å². The summed E-state index contributed by atoms with van der Waals surface area (Å²) in [6.45, 7) is 2.67. The third kappa shape index (κ3) is 3.65. The van der Waals surface area contributed by atoms with Gasteiger partial charge in [0.25, 0.3) is 0 Å². The molecule has 0 spiro atoms. The maximum absolute atomic E-state index is 12.3. The Hall–Kier alpha value is -1.35. The lowest BCUT2D eigenvalue weighted by atomic mass is 9.87. The highest BCUT2D eigenvalue weighted by atomic mass is 16.5. The van der Waals surface area contributed by atoms with Gasteiger partial charge in [0.15, 0.2) is 0 Å². The Morgan fingerprint density at radius 2 is 1.86 bits per heavy atom. The molecule has 1 aromatic carbocycles. The SMILES string of the molecule is O=C1OCCCC[C@H]1[C@H]1CCCCN1Cc1ccccc1. The predicted molar refractivity (Wildman–Crippen MR) is 82.8 cm³/mol. The normalized spacial score (nSPS) is 27.9. The Kier molecular flexibility index (Phi) is 4.91. The number of likely N-dealkylation sites (tertiary alicyclic amines) is 1. The minimum absolute atomic E-state index is 0.0393. The van der Waals surface area contributed by atoms with Crippen molar-refractivity contribution in [2.24, 2.45) is 5.92 Å². The maximum Gasteiger partial charge on any atom is 0.310 e. The van der Waals surface area contributed by atoms with E-state index in [9.17, 15) is 4.79 Å². The number of benzene rings is 1. The molecule has 3 heteroatoms. The van der Waals surface area contributed by atoms with E-state index in [2.05, 4.69) is 35.2 Å². The predicted octanol–water partition coefficient (Wildman–Crippen LogP) is 3.38. The molecular weight excluding hydrogens is 262 g/mol. The largest absolute Gasteiger partial charge is 0.465 e. The highest BCUT2D eigenvalue weighted by molar-refractivity contribution is 5.73. The zero-order valence-corrected chi connectivity index (χ0v) is 12.7. The third-order valence-electron chi connectivity index (χ3n) is 4.81. The fraction of sp³-hybridized carbons (Fsp3) is 0.611. The Bertz CT molecular complexity index is 460. The zero-order chi connectivity index (χ0) is 14.5. The number of piperidine rings is 1. The van der Waals surface area contributed by atoms with E-state index in [1.54, 1.807) is 0 Å². The molecule has 21 heavy (non-hydrogen) atoms. The van der Waals surface area contributed by atoms with E-state index >= 15 is 0 Å². The summed E-state index contributed by atoms with van der Waals surface area (Å²) in [6, 6.07) is 11.0. The second kappa shape index (κ2) is 7.08. The summed E-state index contributed by atoms with van der Waals surface area (Å²) < 4.78 is 5.40. The van der Waals surface area contributed by atoms with E-state index in [1.807, 2.05) is 0 Å². The first-order chi connectivity index (χ1) is 10.3. The summed E-state index contributed by atoms with van der Waals surface area (Å²) in [5, 5.41) is 0. The average molecular weight is 287 g/mol. The topological polar surface area (TPSA) is 29.5 Å². The monoisotopic (exact) mass is 287 g/mol. The number of hydrogen-bond acceptors (Lipinski definition) is 3. The molecule has 3 nitrogen and oxygen atoms in total. The lowest BCUT2D eigenvalue weighted by Gasteiger charge is -2.39. The van der Waals surface area contributed by atoms with Gasteiger partial charge in [-0.15, -0.1) is 0 Å². The minimum atomic E-state index is 0.0393. The van der Waals surface area contributed by atoms with Crippen molar-refractivity contribution in [2.75, 3.05) is 13.2 Å². The lowest BCUT2D eigenvalue weighted by Crippen LogP contribution is -2.46. The van der Waals surface area contributed by atoms with Gasteiger partial charge in [-0.1, -0.05) is 36.8 Å². The molecule has 2 fully saturated rings. The Morgan fingerprint density at radius 1 is 1.05 bits per heavy atom. The number of nitrogens with zero attached hydrogens (tertiary/aromatic N) is 1. The van der Waals surface area contributed by atoms with Gasteiger partial charge in [-0.3, -0.25) is 9.69 Å². The van der Waals surface area contributed by atoms with Crippen LogP contribution in [0, 0.1) is 5.92 Å². The van der Waals surface area contributed by atoms with Crippen molar-refractivity contribution in [2.45, 2.75) is 51.1 Å². The van der Waals surface area contributed by atoms with Crippen LogP contribution >= 0.6 is 0 Å². The second-order valence-corrected chi connectivity index (χ2v) is 6.29. The van der Waals surface area contributed by atoms with E-state index in [0.29, 0.717) is 12.6 Å². The van der Waals surface area contributed by atoms with E-state index < -0.39 is 0 Å². The lowest BCUT2D eigenvalue weighted by molar-refractivity contribution is -0.150. The Morgan fingerprint density at radius 3 is 2.71 bits per heavy atom. The molecular formula is C18H25NO2. The summed E-state index contributed by atoms with van der Waals surface area (Å²) in [7, 11) is 0. The quantitative estimate of drug-likeness (QED) is 0.798. The van der Waals surface area contributed by atoms with Crippen molar-refractivity contribution in [3.05, 3.63) is 35.9 Å². The minimum Gasteiger partial charge on any atom is -0.465 e. The van der Waals surface area contributed by atoms with Crippen molar-refractivity contribution in [3.63, 3.8) is 0 Å². The van der Waals surface area contributed by atoms with E-state index in [4.69, 9.17) is 4.74 Å². The van der Waals surface area contributed by atoms with E-state index in [0.717, 1.165) is 38.8 Å². The number of hydrogen-bond donors (Lipinski definition) is 0. The summed E-state index contributed by atoms with van der Waals surface area (Å²) in [4.78, 5) is 14.8. The highest BCUT2D eigenvalue weighted by Crippen LogP contribution is 2.30. The third-order valence-corrected chi connectivity index (χ3v) is 4.81. The standard InChI is InChI=1S/C18H25NO2/c20-18-16(10-5-7-13-21-18)17-11-4-6-12-19(17)14-15-8-2-1-3-9-15/h1-3,8-9,16-17H,4-7,10-14H2/t16-,17+/m0/s1. The molecule has 2 heterocycles. The number of esters is 1. The second-order valence-electron chi connectivity index (χ2n) is 6.29. The molecule has 2 saturated heterocycles. The molecule has 2 aliphatic heterocycles. The van der Waals surface area contributed by atoms with Gasteiger partial charge in [-0.2, -0.15) is 0 Å². The van der Waals surface area contributed by atoms with Crippen molar-refractivity contribution in [1.82, 2.24) is 4.90 Å². The molecule has 0 aliphatic carbocycles. The molecule has 114 valence electrons. The molecule has 0 unspecified atom stereocenters. The number of carbonyl (C=O) groups is 1. The molecule has 0 saturated carbocycles. The van der Waals surface area contributed by atoms with Crippen LogP contribution in [0.2, 0.25) is 0 Å². The van der Waals surface area contributed by atoms with Crippen LogP contribution in [0.3, 0.4) is 0 Å². The van der Waals surface area contributed by atoms with Crippen LogP contribution in [-0.4, -0.2) is 30.1 Å². The van der Waals surface area contributed by atoms with Crippen LogP contribution in [0.1, 0.15) is 44.1 Å². The van der Waals surface area contributed by atoms with Crippen LogP contribution in [-0.2, 0) is 16.1 Å². The van der Waals surface area contributed by atoms with Gasteiger partial charge in [0, 0.05) is 12.6 Å². The molecule has 0 bridgehead atoms. The smallest absolute Gasteiger partial charge is 0.310 e. The first kappa shape index (κ1) is 14.6. The van der Waals surface area contributed by atoms with Crippen molar-refractivity contribution < 1.29 is 9.53 Å². The molecule has 0 aromatic heterocycles. The summed E-state index contributed by atoms with van der Waals surface area (Å²) in [6.07, 6.45) is 6.74. The van der Waals surface area contributed by atoms with Crippen molar-refractivity contribution in [3.8, 4) is 0 Å². The van der Waals surface area contributed by atoms with Gasteiger partial charge in [0.1, 0.15) is 0 Å². The first-order valence-electron chi connectivity index (χ1n) is 8.29. The maximum atomic E-state index is 12.3. The molecule has 2 atom stereocenters. The van der Waals surface area contributed by atoms with Crippen LogP contribution in [0.25, 0.3) is 0 Å². The number of carbonyl (C=O) groups excluding carboxylic acids is 1. The van der Waals surface area contributed by atoms with Crippen LogP contribution < -0.4 is 0 Å². The van der Waals surface area contributed by atoms with E-state index in [1.165, 1.54) is 18.4 Å². The van der Waals surface area contributed by atoms with Crippen LogP contribution in [0.15, 0.2) is 30.3 Å². The molecule has 0 amide bonds. The summed E-state index contributed by atoms with van der Waals surface area (Å²) >= 11 is 0. The number of cyclic esters (lactones) is 1. The fourth-order valence-electron chi connectivity index (χ4n) is 3.70. The van der Waals surface area contributed by atoms with Gasteiger partial charge in [0.05, 0.1) is 12.5 Å². The van der Waals surface area contributed by atoms with E-state index in [-0.39, 0.29) is 11.9 Å². The molecule has 1 aromatic rings. The van der Waals surface area contributed by atoms with Gasteiger partial charge in [-0.05, 0) is 44.2 Å². The first-order valence-corrected chi connectivity index (χ1v) is 8.29. The number of rotatable bonds is 3. The molecule has 3 rings (SSSR count). The van der Waals surface area contributed by atoms with Crippen molar-refractivity contribution in [1.29, 1.82) is 0 Å². The van der Waals surface area contributed by atoms with Gasteiger partial charge in [0.2, 0.25) is 0 Å². The molecule has 0 N–H and O–H groups in total.